The molecular weight excluding hydrogens is 200 g/mol. The molecule has 1 amide bonds. The van der Waals surface area contributed by atoms with E-state index in [-0.39, 0.29) is 11.9 Å². The molecule has 1 aliphatic rings. The average molecular weight is 226 g/mol. The summed E-state index contributed by atoms with van der Waals surface area (Å²) in [5.41, 5.74) is 0. The summed E-state index contributed by atoms with van der Waals surface area (Å²) in [4.78, 5) is 13.6. The van der Waals surface area contributed by atoms with Gasteiger partial charge in [-0.05, 0) is 39.2 Å². The van der Waals surface area contributed by atoms with Gasteiger partial charge in [0, 0.05) is 13.6 Å². The van der Waals surface area contributed by atoms with Crippen molar-refractivity contribution >= 4 is 5.91 Å². The van der Waals surface area contributed by atoms with Crippen molar-refractivity contribution in [3.63, 3.8) is 0 Å². The first-order valence-corrected chi connectivity index (χ1v) is 6.63. The molecule has 1 fully saturated rings. The van der Waals surface area contributed by atoms with E-state index in [1.807, 2.05) is 20.9 Å². The second kappa shape index (κ2) is 6.89. The largest absolute Gasteiger partial charge is 0.345 e. The Labute approximate surface area is 99.6 Å². The van der Waals surface area contributed by atoms with Gasteiger partial charge in [-0.2, -0.15) is 0 Å². The summed E-state index contributed by atoms with van der Waals surface area (Å²) in [7, 11) is 1.86. The third-order valence-corrected chi connectivity index (χ3v) is 3.66. The zero-order chi connectivity index (χ0) is 12.0. The Kier molecular flexibility index (Phi) is 5.81. The van der Waals surface area contributed by atoms with Gasteiger partial charge in [-0.25, -0.2) is 0 Å². The Bertz CT molecular complexity index is 212. The predicted octanol–water partition coefficient (Wildman–Crippen LogP) is 2.02. The van der Waals surface area contributed by atoms with E-state index in [9.17, 15) is 4.79 Å². The van der Waals surface area contributed by atoms with Gasteiger partial charge in [0.05, 0.1) is 6.04 Å². The van der Waals surface area contributed by atoms with Crippen molar-refractivity contribution in [2.24, 2.45) is 5.92 Å². The number of nitrogens with zero attached hydrogens (tertiary/aromatic N) is 1. The minimum Gasteiger partial charge on any atom is -0.345 e. The SMILES string of the molecule is CCN(C)C(=O)C(C)NCC1CCCCC1. The number of carbonyl (C=O) groups is 1. The van der Waals surface area contributed by atoms with Gasteiger partial charge in [0.2, 0.25) is 5.91 Å². The molecule has 0 aromatic heterocycles. The lowest BCUT2D eigenvalue weighted by Crippen LogP contribution is -2.44. The van der Waals surface area contributed by atoms with Gasteiger partial charge >= 0.3 is 0 Å². The molecule has 94 valence electrons. The van der Waals surface area contributed by atoms with Crippen molar-refractivity contribution in [2.45, 2.75) is 52.0 Å². The van der Waals surface area contributed by atoms with Gasteiger partial charge in [-0.3, -0.25) is 4.79 Å². The van der Waals surface area contributed by atoms with Crippen molar-refractivity contribution in [1.29, 1.82) is 0 Å². The molecule has 3 nitrogen and oxygen atoms in total. The van der Waals surface area contributed by atoms with Crippen molar-refractivity contribution in [2.75, 3.05) is 20.1 Å². The zero-order valence-electron chi connectivity index (χ0n) is 11.0. The van der Waals surface area contributed by atoms with Gasteiger partial charge in [0.15, 0.2) is 0 Å². The van der Waals surface area contributed by atoms with Crippen LogP contribution in [0.4, 0.5) is 0 Å². The molecule has 3 heteroatoms. The van der Waals surface area contributed by atoms with Crippen LogP contribution in [0.1, 0.15) is 46.0 Å². The van der Waals surface area contributed by atoms with Crippen LogP contribution in [0.2, 0.25) is 0 Å². The molecule has 1 unspecified atom stereocenters. The molecule has 1 aliphatic carbocycles. The summed E-state index contributed by atoms with van der Waals surface area (Å²) in [6, 6.07) is -0.0353. The van der Waals surface area contributed by atoms with Gasteiger partial charge in [0.1, 0.15) is 0 Å². The van der Waals surface area contributed by atoms with E-state index in [1.54, 1.807) is 4.90 Å². The molecule has 1 rings (SSSR count). The summed E-state index contributed by atoms with van der Waals surface area (Å²) in [6.45, 7) is 5.77. The number of hydrogen-bond donors (Lipinski definition) is 1. The molecule has 0 spiro atoms. The van der Waals surface area contributed by atoms with Crippen LogP contribution in [-0.4, -0.2) is 37.0 Å². The minimum atomic E-state index is -0.0353. The normalized spacial score (nSPS) is 19.4. The van der Waals surface area contributed by atoms with Crippen LogP contribution < -0.4 is 5.32 Å². The molecule has 1 atom stereocenters. The molecule has 0 radical (unpaired) electrons. The van der Waals surface area contributed by atoms with Gasteiger partial charge in [-0.1, -0.05) is 19.3 Å². The molecule has 0 aromatic carbocycles. The number of hydrogen-bond acceptors (Lipinski definition) is 2. The third kappa shape index (κ3) is 4.12. The second-order valence-electron chi connectivity index (χ2n) is 4.99. The van der Waals surface area contributed by atoms with Crippen molar-refractivity contribution in [1.82, 2.24) is 10.2 Å². The smallest absolute Gasteiger partial charge is 0.239 e. The van der Waals surface area contributed by atoms with E-state index in [0.29, 0.717) is 0 Å². The average Bonchev–Trinajstić information content (AvgIpc) is 2.35. The molecule has 0 aromatic rings. The highest BCUT2D eigenvalue weighted by molar-refractivity contribution is 5.81. The van der Waals surface area contributed by atoms with E-state index in [1.165, 1.54) is 32.1 Å². The lowest BCUT2D eigenvalue weighted by Gasteiger charge is -2.25. The standard InChI is InChI=1S/C13H26N2O/c1-4-15(3)13(16)11(2)14-10-12-8-6-5-7-9-12/h11-12,14H,4-10H2,1-3H3. The van der Waals surface area contributed by atoms with E-state index in [4.69, 9.17) is 0 Å². The maximum atomic E-state index is 11.8. The second-order valence-corrected chi connectivity index (χ2v) is 4.99. The highest BCUT2D eigenvalue weighted by atomic mass is 16.2. The molecule has 0 saturated heterocycles. The molecule has 1 saturated carbocycles. The van der Waals surface area contributed by atoms with Crippen LogP contribution in [0, 0.1) is 5.92 Å². The summed E-state index contributed by atoms with van der Waals surface area (Å²) < 4.78 is 0. The Balaban J connectivity index is 2.22. The molecule has 0 heterocycles. The Morgan fingerprint density at radius 1 is 1.38 bits per heavy atom. The lowest BCUT2D eigenvalue weighted by atomic mass is 9.89. The number of nitrogens with one attached hydrogen (secondary N) is 1. The van der Waals surface area contributed by atoms with E-state index >= 15 is 0 Å². The van der Waals surface area contributed by atoms with Crippen LogP contribution >= 0.6 is 0 Å². The third-order valence-electron chi connectivity index (χ3n) is 3.66. The van der Waals surface area contributed by atoms with Gasteiger partial charge in [-0.15, -0.1) is 0 Å². The number of likely N-dealkylation sites (N-methyl/N-ethyl adjacent to an activating group) is 1. The minimum absolute atomic E-state index is 0.0353. The highest BCUT2D eigenvalue weighted by Crippen LogP contribution is 2.22. The number of carbonyl (C=O) groups excluding carboxylic acids is 1. The molecule has 1 N–H and O–H groups in total. The summed E-state index contributed by atoms with van der Waals surface area (Å²) >= 11 is 0. The van der Waals surface area contributed by atoms with E-state index < -0.39 is 0 Å². The molecule has 0 aliphatic heterocycles. The van der Waals surface area contributed by atoms with Crippen molar-refractivity contribution in [3.8, 4) is 0 Å². The summed E-state index contributed by atoms with van der Waals surface area (Å²) in [6.07, 6.45) is 6.78. The Morgan fingerprint density at radius 2 is 2.00 bits per heavy atom. The summed E-state index contributed by atoms with van der Waals surface area (Å²) in [5.74, 6) is 0.995. The molecular formula is C13H26N2O. The fraction of sp³-hybridized carbons (Fsp3) is 0.923. The zero-order valence-corrected chi connectivity index (χ0v) is 11.0. The van der Waals surface area contributed by atoms with E-state index in [2.05, 4.69) is 5.32 Å². The van der Waals surface area contributed by atoms with Crippen LogP contribution in [0.25, 0.3) is 0 Å². The predicted molar refractivity (Wildman–Crippen MR) is 67.4 cm³/mol. The monoisotopic (exact) mass is 226 g/mol. The van der Waals surface area contributed by atoms with Crippen molar-refractivity contribution < 1.29 is 4.79 Å². The Hall–Kier alpha value is -0.570. The maximum absolute atomic E-state index is 11.8. The fourth-order valence-corrected chi connectivity index (χ4v) is 2.31. The first-order chi connectivity index (χ1) is 7.65. The quantitative estimate of drug-likeness (QED) is 0.778. The molecule has 0 bridgehead atoms. The van der Waals surface area contributed by atoms with Crippen LogP contribution in [-0.2, 0) is 4.79 Å². The van der Waals surface area contributed by atoms with Crippen LogP contribution in [0.15, 0.2) is 0 Å². The number of rotatable bonds is 5. The first kappa shape index (κ1) is 13.5. The summed E-state index contributed by atoms with van der Waals surface area (Å²) in [5, 5.41) is 3.38. The van der Waals surface area contributed by atoms with Gasteiger partial charge in [0.25, 0.3) is 0 Å². The lowest BCUT2D eigenvalue weighted by molar-refractivity contribution is -0.131. The number of amides is 1. The van der Waals surface area contributed by atoms with Gasteiger partial charge < -0.3 is 10.2 Å². The van der Waals surface area contributed by atoms with Crippen molar-refractivity contribution in [3.05, 3.63) is 0 Å². The maximum Gasteiger partial charge on any atom is 0.239 e. The topological polar surface area (TPSA) is 32.3 Å². The molecule has 16 heavy (non-hydrogen) atoms. The highest BCUT2D eigenvalue weighted by Gasteiger charge is 2.18. The fourth-order valence-electron chi connectivity index (χ4n) is 2.31. The van der Waals surface area contributed by atoms with Crippen LogP contribution in [0.5, 0.6) is 0 Å². The first-order valence-electron chi connectivity index (χ1n) is 6.63. The van der Waals surface area contributed by atoms with E-state index in [0.717, 1.165) is 19.0 Å². The Morgan fingerprint density at radius 3 is 2.56 bits per heavy atom. The van der Waals surface area contributed by atoms with Crippen LogP contribution in [0.3, 0.4) is 0 Å².